The summed E-state index contributed by atoms with van der Waals surface area (Å²) in [5.41, 5.74) is 3.20. The van der Waals surface area contributed by atoms with Gasteiger partial charge in [0.1, 0.15) is 24.3 Å². The summed E-state index contributed by atoms with van der Waals surface area (Å²) in [7, 11) is 0. The number of nitrogens with zero attached hydrogens (tertiary/aromatic N) is 3. The van der Waals surface area contributed by atoms with Crippen LogP contribution in [0.4, 0.5) is 5.69 Å². The van der Waals surface area contributed by atoms with Gasteiger partial charge in [-0.05, 0) is 55.5 Å². The van der Waals surface area contributed by atoms with Gasteiger partial charge in [0.25, 0.3) is 0 Å². The summed E-state index contributed by atoms with van der Waals surface area (Å²) in [5, 5.41) is 17.9. The molecule has 5 heteroatoms. The van der Waals surface area contributed by atoms with Crippen molar-refractivity contribution < 1.29 is 9.53 Å². The predicted octanol–water partition coefficient (Wildman–Crippen LogP) is 3.77. The number of allylic oxidation sites excluding steroid dienone is 1. The molecule has 0 amide bonds. The summed E-state index contributed by atoms with van der Waals surface area (Å²) in [6, 6.07) is 9.77. The number of nitriles is 2. The van der Waals surface area contributed by atoms with Crippen LogP contribution in [0.2, 0.25) is 0 Å². The van der Waals surface area contributed by atoms with E-state index in [2.05, 4.69) is 25.7 Å². The normalized spacial score (nSPS) is 17.7. The molecule has 1 heterocycles. The third-order valence-corrected chi connectivity index (χ3v) is 4.58. The van der Waals surface area contributed by atoms with Gasteiger partial charge in [-0.15, -0.1) is 0 Å². The number of hydrogen-bond donors (Lipinski definition) is 0. The highest BCUT2D eigenvalue weighted by Crippen LogP contribution is 2.43. The molecule has 1 aliphatic rings. The van der Waals surface area contributed by atoms with E-state index in [1.807, 2.05) is 30.3 Å². The van der Waals surface area contributed by atoms with Gasteiger partial charge in [-0.1, -0.05) is 13.0 Å². The van der Waals surface area contributed by atoms with Crippen LogP contribution in [0.15, 0.2) is 23.8 Å². The lowest BCUT2D eigenvalue weighted by Gasteiger charge is -2.47. The van der Waals surface area contributed by atoms with Crippen LogP contribution in [0.1, 0.15) is 51.2 Å². The van der Waals surface area contributed by atoms with Crippen LogP contribution in [0.3, 0.4) is 0 Å². The maximum atomic E-state index is 11.0. The molecule has 1 aromatic carbocycles. The second kappa shape index (κ2) is 7.40. The van der Waals surface area contributed by atoms with Crippen LogP contribution in [-0.4, -0.2) is 24.7 Å². The molecule has 25 heavy (non-hydrogen) atoms. The smallest absolute Gasteiger partial charge is 0.302 e. The van der Waals surface area contributed by atoms with Crippen LogP contribution >= 0.6 is 0 Å². The Balaban J connectivity index is 2.38. The Kier molecular flexibility index (Phi) is 5.49. The first kappa shape index (κ1) is 18.5. The largest absolute Gasteiger partial charge is 0.464 e. The zero-order valence-corrected chi connectivity index (χ0v) is 15.2. The minimum absolute atomic E-state index is 0.0472. The Hall–Kier alpha value is -2.79. The van der Waals surface area contributed by atoms with Crippen molar-refractivity contribution in [1.82, 2.24) is 0 Å². The lowest BCUT2D eigenvalue weighted by molar-refractivity contribution is -0.140. The van der Waals surface area contributed by atoms with Crippen molar-refractivity contribution in [3.8, 4) is 12.1 Å². The van der Waals surface area contributed by atoms with E-state index in [1.165, 1.54) is 12.5 Å². The first-order valence-corrected chi connectivity index (χ1v) is 8.35. The van der Waals surface area contributed by atoms with Crippen LogP contribution < -0.4 is 4.90 Å². The molecule has 2 rings (SSSR count). The Morgan fingerprint density at radius 3 is 2.68 bits per heavy atom. The lowest BCUT2D eigenvalue weighted by atomic mass is 9.79. The van der Waals surface area contributed by atoms with E-state index in [9.17, 15) is 4.79 Å². The standard InChI is InChI=1S/C20H23N3O2/c1-14-11-20(3,4)23(7-8-25-15(2)24)19-6-5-16(10-18(14)19)9-17(12-21)13-22/h5-6,9-10,14H,7-8,11H2,1-4H3. The molecule has 1 atom stereocenters. The van der Waals surface area contributed by atoms with Gasteiger partial charge < -0.3 is 9.64 Å². The topological polar surface area (TPSA) is 77.1 Å². The Labute approximate surface area is 149 Å². The van der Waals surface area contributed by atoms with Crippen LogP contribution in [0.5, 0.6) is 0 Å². The maximum Gasteiger partial charge on any atom is 0.302 e. The van der Waals surface area contributed by atoms with Crippen molar-refractivity contribution in [2.45, 2.75) is 45.6 Å². The monoisotopic (exact) mass is 337 g/mol. The summed E-state index contributed by atoms with van der Waals surface area (Å²) >= 11 is 0. The number of fused-ring (bicyclic) bond motifs is 1. The summed E-state index contributed by atoms with van der Waals surface area (Å²) < 4.78 is 5.12. The zero-order valence-electron chi connectivity index (χ0n) is 15.2. The van der Waals surface area contributed by atoms with E-state index >= 15 is 0 Å². The van der Waals surface area contributed by atoms with E-state index < -0.39 is 0 Å². The number of esters is 1. The molecule has 0 spiro atoms. The predicted molar refractivity (Wildman–Crippen MR) is 96.7 cm³/mol. The SMILES string of the molecule is CC(=O)OCCN1c2ccc(C=C(C#N)C#N)cc2C(C)CC1(C)C. The quantitative estimate of drug-likeness (QED) is 0.617. The number of rotatable bonds is 4. The van der Waals surface area contributed by atoms with E-state index in [0.29, 0.717) is 19.1 Å². The second-order valence-electron chi connectivity index (χ2n) is 7.01. The number of carbonyl (C=O) groups excluding carboxylic acids is 1. The molecule has 0 radical (unpaired) electrons. The van der Waals surface area contributed by atoms with E-state index in [1.54, 1.807) is 6.08 Å². The first-order chi connectivity index (χ1) is 11.8. The van der Waals surface area contributed by atoms with Gasteiger partial charge in [0.05, 0.1) is 6.54 Å². The summed E-state index contributed by atoms with van der Waals surface area (Å²) in [4.78, 5) is 13.3. The summed E-state index contributed by atoms with van der Waals surface area (Å²) in [5.74, 6) is 0.0837. The molecular formula is C20H23N3O2. The molecule has 1 unspecified atom stereocenters. The third kappa shape index (κ3) is 4.19. The fourth-order valence-corrected chi connectivity index (χ4v) is 3.56. The molecule has 0 N–H and O–H groups in total. The van der Waals surface area contributed by atoms with Gasteiger partial charge in [-0.25, -0.2) is 0 Å². The molecule has 0 saturated heterocycles. The van der Waals surface area contributed by atoms with Gasteiger partial charge in [0.2, 0.25) is 0 Å². The van der Waals surface area contributed by atoms with E-state index in [4.69, 9.17) is 15.3 Å². The molecule has 0 aliphatic carbocycles. The van der Waals surface area contributed by atoms with Gasteiger partial charge in [-0.3, -0.25) is 4.79 Å². The average Bonchev–Trinajstić information content (AvgIpc) is 2.55. The number of carbonyl (C=O) groups is 1. The molecular weight excluding hydrogens is 314 g/mol. The molecule has 0 fully saturated rings. The highest BCUT2D eigenvalue weighted by molar-refractivity contribution is 5.68. The highest BCUT2D eigenvalue weighted by atomic mass is 16.5. The summed E-state index contributed by atoms with van der Waals surface area (Å²) in [6.45, 7) is 8.96. The van der Waals surface area contributed by atoms with Crippen molar-refractivity contribution in [2.24, 2.45) is 0 Å². The van der Waals surface area contributed by atoms with Crippen molar-refractivity contribution in [3.63, 3.8) is 0 Å². The van der Waals surface area contributed by atoms with Crippen molar-refractivity contribution in [1.29, 1.82) is 10.5 Å². The fourth-order valence-electron chi connectivity index (χ4n) is 3.56. The number of hydrogen-bond acceptors (Lipinski definition) is 5. The van der Waals surface area contributed by atoms with E-state index in [0.717, 1.165) is 17.7 Å². The Bertz CT molecular complexity index is 765. The van der Waals surface area contributed by atoms with Gasteiger partial charge >= 0.3 is 5.97 Å². The minimum Gasteiger partial charge on any atom is -0.464 e. The Morgan fingerprint density at radius 2 is 2.08 bits per heavy atom. The fraction of sp³-hybridized carbons (Fsp3) is 0.450. The van der Waals surface area contributed by atoms with Crippen molar-refractivity contribution >= 4 is 17.7 Å². The number of ether oxygens (including phenoxy) is 1. The van der Waals surface area contributed by atoms with Gasteiger partial charge in [-0.2, -0.15) is 10.5 Å². The van der Waals surface area contributed by atoms with Crippen molar-refractivity contribution in [3.05, 3.63) is 34.9 Å². The summed E-state index contributed by atoms with van der Waals surface area (Å²) in [6.07, 6.45) is 2.58. The average molecular weight is 337 g/mol. The van der Waals surface area contributed by atoms with Crippen LogP contribution in [-0.2, 0) is 9.53 Å². The zero-order chi connectivity index (χ0) is 18.6. The maximum absolute atomic E-state index is 11.0. The number of benzene rings is 1. The van der Waals surface area contributed by atoms with Crippen LogP contribution in [0.25, 0.3) is 6.08 Å². The van der Waals surface area contributed by atoms with Crippen LogP contribution in [0, 0.1) is 22.7 Å². The number of anilines is 1. The lowest BCUT2D eigenvalue weighted by Crippen LogP contribution is -2.49. The Morgan fingerprint density at radius 1 is 1.40 bits per heavy atom. The van der Waals surface area contributed by atoms with E-state index in [-0.39, 0.29) is 17.1 Å². The molecule has 1 aliphatic heterocycles. The molecule has 5 nitrogen and oxygen atoms in total. The molecule has 0 saturated carbocycles. The molecule has 0 aromatic heterocycles. The van der Waals surface area contributed by atoms with Gasteiger partial charge in [0, 0.05) is 18.2 Å². The highest BCUT2D eigenvalue weighted by Gasteiger charge is 2.36. The minimum atomic E-state index is -0.274. The molecule has 130 valence electrons. The van der Waals surface area contributed by atoms with Crippen molar-refractivity contribution in [2.75, 3.05) is 18.1 Å². The van der Waals surface area contributed by atoms with Gasteiger partial charge in [0.15, 0.2) is 0 Å². The molecule has 1 aromatic rings. The molecule has 0 bridgehead atoms. The first-order valence-electron chi connectivity index (χ1n) is 8.35. The second-order valence-corrected chi connectivity index (χ2v) is 7.01. The third-order valence-electron chi connectivity index (χ3n) is 4.58.